The lowest BCUT2D eigenvalue weighted by Gasteiger charge is -2.31. The molecule has 2 aliphatic rings. The topological polar surface area (TPSA) is 28.2 Å². The minimum Gasteiger partial charge on any atom is -0.368 e. The van der Waals surface area contributed by atoms with Crippen LogP contribution in [0.2, 0.25) is 0 Å². The van der Waals surface area contributed by atoms with Gasteiger partial charge in [0.05, 0.1) is 0 Å². The molecule has 1 aromatic heterocycles. The summed E-state index contributed by atoms with van der Waals surface area (Å²) in [7, 11) is 0. The zero-order chi connectivity index (χ0) is 14.1. The Kier molecular flexibility index (Phi) is 3.97. The van der Waals surface area contributed by atoms with Crippen molar-refractivity contribution in [2.45, 2.75) is 65.1 Å². The molecule has 0 spiro atoms. The van der Waals surface area contributed by atoms with Crippen molar-refractivity contribution in [1.82, 2.24) is 10.3 Å². The molecule has 3 rings (SSSR count). The van der Waals surface area contributed by atoms with Crippen molar-refractivity contribution in [3.63, 3.8) is 0 Å². The molecule has 0 bridgehead atoms. The Labute approximate surface area is 122 Å². The zero-order valence-corrected chi connectivity index (χ0v) is 13.0. The molecular formula is C17H27N3. The smallest absolute Gasteiger partial charge is 0.0447 e. The van der Waals surface area contributed by atoms with Crippen LogP contribution in [-0.4, -0.2) is 23.6 Å². The Morgan fingerprint density at radius 3 is 2.65 bits per heavy atom. The summed E-state index contributed by atoms with van der Waals surface area (Å²) >= 11 is 0. The van der Waals surface area contributed by atoms with Crippen molar-refractivity contribution < 1.29 is 0 Å². The summed E-state index contributed by atoms with van der Waals surface area (Å²) in [6.07, 6.45) is 7.56. The van der Waals surface area contributed by atoms with Gasteiger partial charge < -0.3 is 10.2 Å². The predicted molar refractivity (Wildman–Crippen MR) is 84.0 cm³/mol. The number of nitrogens with zero attached hydrogens (tertiary/aromatic N) is 2. The van der Waals surface area contributed by atoms with E-state index in [0.717, 1.165) is 24.2 Å². The van der Waals surface area contributed by atoms with Crippen LogP contribution in [0.5, 0.6) is 0 Å². The third-order valence-corrected chi connectivity index (χ3v) is 4.34. The van der Waals surface area contributed by atoms with Gasteiger partial charge in [-0.05, 0) is 58.4 Å². The standard InChI is InChI=1S/C17H27N3/c1-12(2)20(11-14-4-5-14)17-8-13(3)18-9-15(17)10-19-16-6-7-16/h8-9,12,14,16,19H,4-7,10-11H2,1-3H3. The molecule has 0 amide bonds. The highest BCUT2D eigenvalue weighted by molar-refractivity contribution is 5.54. The summed E-state index contributed by atoms with van der Waals surface area (Å²) in [6.45, 7) is 8.86. The quantitative estimate of drug-likeness (QED) is 0.826. The van der Waals surface area contributed by atoms with Gasteiger partial charge in [0.25, 0.3) is 0 Å². The first kappa shape index (κ1) is 13.9. The molecule has 20 heavy (non-hydrogen) atoms. The molecule has 3 heteroatoms. The van der Waals surface area contributed by atoms with Gasteiger partial charge in [0, 0.05) is 48.3 Å². The van der Waals surface area contributed by atoms with Crippen LogP contribution in [0.4, 0.5) is 5.69 Å². The number of rotatable bonds is 7. The number of hydrogen-bond acceptors (Lipinski definition) is 3. The van der Waals surface area contributed by atoms with E-state index in [1.54, 1.807) is 0 Å². The fourth-order valence-electron chi connectivity index (χ4n) is 2.68. The molecule has 2 fully saturated rings. The molecule has 1 N–H and O–H groups in total. The van der Waals surface area contributed by atoms with Crippen molar-refractivity contribution >= 4 is 5.69 Å². The Balaban J connectivity index is 1.80. The predicted octanol–water partition coefficient (Wildman–Crippen LogP) is 3.27. The third-order valence-electron chi connectivity index (χ3n) is 4.34. The van der Waals surface area contributed by atoms with Gasteiger partial charge >= 0.3 is 0 Å². The van der Waals surface area contributed by atoms with Crippen LogP contribution < -0.4 is 10.2 Å². The summed E-state index contributed by atoms with van der Waals surface area (Å²) in [5.41, 5.74) is 3.88. The molecule has 110 valence electrons. The maximum absolute atomic E-state index is 4.51. The number of nitrogens with one attached hydrogen (secondary N) is 1. The van der Waals surface area contributed by atoms with Crippen LogP contribution in [-0.2, 0) is 6.54 Å². The Morgan fingerprint density at radius 2 is 2.05 bits per heavy atom. The second-order valence-corrected chi connectivity index (χ2v) is 6.80. The molecular weight excluding hydrogens is 246 g/mol. The van der Waals surface area contributed by atoms with Gasteiger partial charge in [0.15, 0.2) is 0 Å². The second kappa shape index (κ2) is 5.72. The van der Waals surface area contributed by atoms with Crippen LogP contribution in [0.1, 0.15) is 50.8 Å². The minimum atomic E-state index is 0.553. The minimum absolute atomic E-state index is 0.553. The number of aryl methyl sites for hydroxylation is 1. The van der Waals surface area contributed by atoms with Gasteiger partial charge in [0.1, 0.15) is 0 Å². The molecule has 0 radical (unpaired) electrons. The molecule has 2 saturated carbocycles. The largest absolute Gasteiger partial charge is 0.368 e. The van der Waals surface area contributed by atoms with E-state index in [0.29, 0.717) is 6.04 Å². The van der Waals surface area contributed by atoms with Crippen molar-refractivity contribution in [1.29, 1.82) is 0 Å². The van der Waals surface area contributed by atoms with E-state index < -0.39 is 0 Å². The van der Waals surface area contributed by atoms with Crippen LogP contribution in [0.25, 0.3) is 0 Å². The van der Waals surface area contributed by atoms with Crippen molar-refractivity contribution in [3.05, 3.63) is 23.5 Å². The molecule has 0 atom stereocenters. The monoisotopic (exact) mass is 273 g/mol. The van der Waals surface area contributed by atoms with E-state index in [1.807, 2.05) is 0 Å². The molecule has 1 aromatic rings. The molecule has 2 aliphatic carbocycles. The Bertz CT molecular complexity index is 461. The summed E-state index contributed by atoms with van der Waals surface area (Å²) in [4.78, 5) is 7.09. The fraction of sp³-hybridized carbons (Fsp3) is 0.706. The second-order valence-electron chi connectivity index (χ2n) is 6.80. The van der Waals surface area contributed by atoms with Gasteiger partial charge in [0.2, 0.25) is 0 Å². The van der Waals surface area contributed by atoms with E-state index in [2.05, 4.69) is 48.2 Å². The zero-order valence-electron chi connectivity index (χ0n) is 13.0. The third kappa shape index (κ3) is 3.51. The van der Waals surface area contributed by atoms with Gasteiger partial charge in [-0.1, -0.05) is 0 Å². The summed E-state index contributed by atoms with van der Waals surface area (Å²) in [5.74, 6) is 0.912. The molecule has 0 aliphatic heterocycles. The summed E-state index contributed by atoms with van der Waals surface area (Å²) in [6, 6.07) is 3.57. The van der Waals surface area contributed by atoms with E-state index >= 15 is 0 Å². The lowest BCUT2D eigenvalue weighted by molar-refractivity contribution is 0.631. The first-order valence-corrected chi connectivity index (χ1v) is 8.09. The average molecular weight is 273 g/mol. The molecule has 3 nitrogen and oxygen atoms in total. The summed E-state index contributed by atoms with van der Waals surface area (Å²) in [5, 5.41) is 3.63. The Hall–Kier alpha value is -1.09. The maximum Gasteiger partial charge on any atom is 0.0447 e. The van der Waals surface area contributed by atoms with Gasteiger partial charge in [-0.2, -0.15) is 0 Å². The highest BCUT2D eigenvalue weighted by atomic mass is 15.2. The van der Waals surface area contributed by atoms with E-state index in [-0.39, 0.29) is 0 Å². The van der Waals surface area contributed by atoms with Gasteiger partial charge in [-0.15, -0.1) is 0 Å². The normalized spacial score (nSPS) is 18.6. The SMILES string of the molecule is Cc1cc(N(CC2CC2)C(C)C)c(CNC2CC2)cn1. The molecule has 0 aromatic carbocycles. The maximum atomic E-state index is 4.51. The summed E-state index contributed by atoms with van der Waals surface area (Å²) < 4.78 is 0. The Morgan fingerprint density at radius 1 is 1.30 bits per heavy atom. The number of hydrogen-bond donors (Lipinski definition) is 1. The van der Waals surface area contributed by atoms with E-state index in [4.69, 9.17) is 0 Å². The van der Waals surface area contributed by atoms with Crippen LogP contribution >= 0.6 is 0 Å². The van der Waals surface area contributed by atoms with Crippen LogP contribution in [0.15, 0.2) is 12.3 Å². The molecule has 0 saturated heterocycles. The highest BCUT2D eigenvalue weighted by Crippen LogP contribution is 2.33. The lowest BCUT2D eigenvalue weighted by atomic mass is 10.1. The van der Waals surface area contributed by atoms with Crippen molar-refractivity contribution in [2.24, 2.45) is 5.92 Å². The van der Waals surface area contributed by atoms with E-state index in [1.165, 1.54) is 43.5 Å². The average Bonchev–Trinajstić information content (AvgIpc) is 3.28. The molecule has 1 heterocycles. The number of anilines is 1. The van der Waals surface area contributed by atoms with Crippen molar-refractivity contribution in [2.75, 3.05) is 11.4 Å². The molecule has 0 unspecified atom stereocenters. The first-order valence-electron chi connectivity index (χ1n) is 8.09. The number of pyridine rings is 1. The lowest BCUT2D eigenvalue weighted by Crippen LogP contribution is -2.34. The van der Waals surface area contributed by atoms with Crippen LogP contribution in [0, 0.1) is 12.8 Å². The fourth-order valence-corrected chi connectivity index (χ4v) is 2.68. The van der Waals surface area contributed by atoms with Gasteiger partial charge in [-0.25, -0.2) is 0 Å². The van der Waals surface area contributed by atoms with Crippen molar-refractivity contribution in [3.8, 4) is 0 Å². The highest BCUT2D eigenvalue weighted by Gasteiger charge is 2.27. The van der Waals surface area contributed by atoms with E-state index in [9.17, 15) is 0 Å². The first-order chi connectivity index (χ1) is 9.63. The number of aromatic nitrogens is 1. The van der Waals surface area contributed by atoms with Gasteiger partial charge in [-0.3, -0.25) is 4.98 Å². The van der Waals surface area contributed by atoms with Crippen LogP contribution in [0.3, 0.4) is 0 Å².